The topological polar surface area (TPSA) is 124 Å². The highest BCUT2D eigenvalue weighted by Crippen LogP contribution is 2.19. The van der Waals surface area contributed by atoms with Gasteiger partial charge in [0, 0.05) is 17.3 Å². The van der Waals surface area contributed by atoms with Gasteiger partial charge >= 0.3 is 0 Å². The van der Waals surface area contributed by atoms with Gasteiger partial charge in [0.05, 0.1) is 0 Å². The minimum absolute atomic E-state index is 0. The lowest BCUT2D eigenvalue weighted by Gasteiger charge is -2.12. The average molecular weight is 277 g/mol. The van der Waals surface area contributed by atoms with E-state index in [1.54, 1.807) is 18.2 Å². The molecule has 0 amide bonds. The van der Waals surface area contributed by atoms with E-state index in [9.17, 15) is 0 Å². The second kappa shape index (κ2) is 6.95. The molecule has 0 heterocycles. The van der Waals surface area contributed by atoms with Crippen molar-refractivity contribution in [2.75, 3.05) is 5.32 Å². The molecule has 1 aromatic rings. The number of nitrogens with two attached hydrogens (primary N) is 2. The Balaban J connectivity index is 0.00000256. The summed E-state index contributed by atoms with van der Waals surface area (Å²) in [5, 5.41) is 20.1. The van der Waals surface area contributed by atoms with Crippen LogP contribution in [0.3, 0.4) is 0 Å². The van der Waals surface area contributed by atoms with E-state index in [0.717, 1.165) is 5.56 Å². The second-order valence-electron chi connectivity index (χ2n) is 3.04. The van der Waals surface area contributed by atoms with E-state index in [-0.39, 0.29) is 24.3 Å². The number of guanidine groups is 2. The van der Waals surface area contributed by atoms with Gasteiger partial charge in [-0.25, -0.2) is 0 Å². The fourth-order valence-corrected chi connectivity index (χ4v) is 1.35. The van der Waals surface area contributed by atoms with Crippen molar-refractivity contribution in [3.8, 4) is 0 Å². The zero-order valence-electron chi connectivity index (χ0n) is 8.88. The third-order valence-electron chi connectivity index (χ3n) is 1.81. The Morgan fingerprint density at radius 1 is 1.35 bits per heavy atom. The lowest BCUT2D eigenvalue weighted by Crippen LogP contribution is -2.39. The van der Waals surface area contributed by atoms with Crippen molar-refractivity contribution in [3.05, 3.63) is 28.8 Å². The summed E-state index contributed by atoms with van der Waals surface area (Å²) in [6.45, 7) is 0.302. The number of nitrogens with one attached hydrogen (secondary N) is 4. The first-order valence-corrected chi connectivity index (χ1v) is 4.86. The molecular weight excluding hydrogens is 263 g/mol. The first kappa shape index (κ1) is 15.5. The van der Waals surface area contributed by atoms with Crippen molar-refractivity contribution in [2.24, 2.45) is 11.5 Å². The molecule has 17 heavy (non-hydrogen) atoms. The van der Waals surface area contributed by atoms with E-state index < -0.39 is 0 Å². The maximum atomic E-state index is 7.47. The van der Waals surface area contributed by atoms with Crippen LogP contribution in [0.1, 0.15) is 5.56 Å². The van der Waals surface area contributed by atoms with Gasteiger partial charge in [0.25, 0.3) is 0 Å². The zero-order chi connectivity index (χ0) is 12.1. The Morgan fingerprint density at radius 2 is 2.00 bits per heavy atom. The highest BCUT2D eigenvalue weighted by molar-refractivity contribution is 6.30. The van der Waals surface area contributed by atoms with E-state index >= 15 is 0 Å². The van der Waals surface area contributed by atoms with Crippen molar-refractivity contribution in [3.63, 3.8) is 0 Å². The molecule has 0 saturated carbocycles. The van der Waals surface area contributed by atoms with Gasteiger partial charge in [-0.3, -0.25) is 16.1 Å². The fourth-order valence-electron chi connectivity index (χ4n) is 1.15. The lowest BCUT2D eigenvalue weighted by molar-refractivity contribution is 1.07. The molecule has 0 fully saturated rings. The highest BCUT2D eigenvalue weighted by Gasteiger charge is 2.04. The van der Waals surface area contributed by atoms with Gasteiger partial charge in [-0.1, -0.05) is 11.6 Å². The van der Waals surface area contributed by atoms with Gasteiger partial charge in [-0.2, -0.15) is 0 Å². The van der Waals surface area contributed by atoms with E-state index in [1.807, 2.05) is 0 Å². The van der Waals surface area contributed by atoms with E-state index in [2.05, 4.69) is 10.6 Å². The summed E-state index contributed by atoms with van der Waals surface area (Å²) in [7, 11) is 0. The smallest absolute Gasteiger partial charge is 0.199 e. The van der Waals surface area contributed by atoms with Crippen LogP contribution in [0.4, 0.5) is 5.69 Å². The van der Waals surface area contributed by atoms with E-state index in [0.29, 0.717) is 17.3 Å². The number of rotatable bonds is 2. The molecule has 0 bridgehead atoms. The molecule has 0 unspecified atom stereocenters. The molecule has 94 valence electrons. The van der Waals surface area contributed by atoms with Gasteiger partial charge in [0.2, 0.25) is 0 Å². The molecule has 0 atom stereocenters. The summed E-state index contributed by atoms with van der Waals surface area (Å²) < 4.78 is 0. The SMILES string of the molecule is Cl.N=C(N)NC(=N)Nc1ccc(Cl)cc1CN. The molecule has 1 aromatic carbocycles. The Bertz CT molecular complexity index is 420. The number of halogens is 2. The molecular formula is C9H14Cl2N6. The van der Waals surface area contributed by atoms with E-state index in [1.165, 1.54) is 0 Å². The highest BCUT2D eigenvalue weighted by atomic mass is 35.5. The van der Waals surface area contributed by atoms with Crippen LogP contribution in [0.15, 0.2) is 18.2 Å². The van der Waals surface area contributed by atoms with Gasteiger partial charge < -0.3 is 16.8 Å². The summed E-state index contributed by atoms with van der Waals surface area (Å²) in [6.07, 6.45) is 0. The first-order valence-electron chi connectivity index (χ1n) is 4.48. The quantitative estimate of drug-likeness (QED) is 0.357. The summed E-state index contributed by atoms with van der Waals surface area (Å²) >= 11 is 5.81. The molecule has 0 aliphatic heterocycles. The minimum Gasteiger partial charge on any atom is -0.370 e. The third-order valence-corrected chi connectivity index (χ3v) is 2.04. The largest absolute Gasteiger partial charge is 0.370 e. The van der Waals surface area contributed by atoms with Crippen molar-refractivity contribution in [1.29, 1.82) is 10.8 Å². The van der Waals surface area contributed by atoms with E-state index in [4.69, 9.17) is 33.9 Å². The van der Waals surface area contributed by atoms with Crippen molar-refractivity contribution in [1.82, 2.24) is 5.32 Å². The molecule has 0 aromatic heterocycles. The molecule has 8 N–H and O–H groups in total. The molecule has 0 radical (unpaired) electrons. The molecule has 1 rings (SSSR count). The zero-order valence-corrected chi connectivity index (χ0v) is 10.5. The second-order valence-corrected chi connectivity index (χ2v) is 3.48. The number of hydrogen-bond acceptors (Lipinski definition) is 3. The molecule has 0 aliphatic carbocycles. The number of benzene rings is 1. The van der Waals surface area contributed by atoms with Gasteiger partial charge in [-0.15, -0.1) is 12.4 Å². The minimum atomic E-state index is -0.305. The maximum absolute atomic E-state index is 7.47. The molecule has 0 spiro atoms. The van der Waals surface area contributed by atoms with Crippen LogP contribution in [0.25, 0.3) is 0 Å². The predicted octanol–water partition coefficient (Wildman–Crippen LogP) is 1.05. The van der Waals surface area contributed by atoms with Gasteiger partial charge in [0.1, 0.15) is 0 Å². The van der Waals surface area contributed by atoms with Crippen LogP contribution in [0.5, 0.6) is 0 Å². The molecule has 0 aliphatic rings. The Hall–Kier alpha value is -1.50. The average Bonchev–Trinajstić information content (AvgIpc) is 2.19. The van der Waals surface area contributed by atoms with Crippen LogP contribution < -0.4 is 22.1 Å². The summed E-state index contributed by atoms with van der Waals surface area (Å²) in [5.41, 5.74) is 12.1. The fraction of sp³-hybridized carbons (Fsp3) is 0.111. The van der Waals surface area contributed by atoms with Crippen LogP contribution in [-0.4, -0.2) is 11.9 Å². The van der Waals surface area contributed by atoms with Crippen LogP contribution in [-0.2, 0) is 6.54 Å². The van der Waals surface area contributed by atoms with Crippen molar-refractivity contribution >= 4 is 41.6 Å². The standard InChI is InChI=1S/C9H13ClN6.ClH/c10-6-1-2-7(5(3-6)4-11)15-9(14)16-8(12)13;/h1-3H,4,11H2,(H6,12,13,14,15,16);1H. The summed E-state index contributed by atoms with van der Waals surface area (Å²) in [4.78, 5) is 0. The third kappa shape index (κ3) is 4.90. The maximum Gasteiger partial charge on any atom is 0.199 e. The Labute approximate surface area is 110 Å². The predicted molar refractivity (Wildman–Crippen MR) is 73.0 cm³/mol. The monoisotopic (exact) mass is 276 g/mol. The Kier molecular flexibility index (Phi) is 6.34. The molecule has 8 heteroatoms. The van der Waals surface area contributed by atoms with Crippen LogP contribution in [0.2, 0.25) is 5.02 Å². The van der Waals surface area contributed by atoms with Crippen LogP contribution in [0, 0.1) is 10.8 Å². The first-order chi connectivity index (χ1) is 7.52. The molecule has 0 saturated heterocycles. The Morgan fingerprint density at radius 3 is 2.53 bits per heavy atom. The van der Waals surface area contributed by atoms with Crippen molar-refractivity contribution in [2.45, 2.75) is 6.54 Å². The lowest BCUT2D eigenvalue weighted by atomic mass is 10.2. The van der Waals surface area contributed by atoms with Gasteiger partial charge in [-0.05, 0) is 23.8 Å². The number of anilines is 1. The molecule has 6 nitrogen and oxygen atoms in total. The summed E-state index contributed by atoms with van der Waals surface area (Å²) in [6, 6.07) is 5.11. The van der Waals surface area contributed by atoms with Gasteiger partial charge in [0.15, 0.2) is 11.9 Å². The van der Waals surface area contributed by atoms with Crippen molar-refractivity contribution < 1.29 is 0 Å². The number of hydrogen-bond donors (Lipinski definition) is 6. The van der Waals surface area contributed by atoms with Crippen LogP contribution >= 0.6 is 24.0 Å². The normalized spacial score (nSPS) is 9.06. The summed E-state index contributed by atoms with van der Waals surface area (Å²) in [5.74, 6) is -0.398.